The quantitative estimate of drug-likeness (QED) is 0.249. The zero-order valence-electron chi connectivity index (χ0n) is 22.9. The Morgan fingerprint density at radius 2 is 1.44 bits per heavy atom. The Morgan fingerprint density at radius 1 is 0.829 bits per heavy atom. The highest BCUT2D eigenvalue weighted by molar-refractivity contribution is 5.69. The first-order chi connectivity index (χ1) is 19.6. The van der Waals surface area contributed by atoms with Crippen LogP contribution in [-0.2, 0) is 62.4 Å². The zero-order valence-corrected chi connectivity index (χ0v) is 22.9. The van der Waals surface area contributed by atoms with E-state index in [0.717, 1.165) is 5.56 Å². The monoisotopic (exact) mass is 570 g/mol. The fourth-order valence-electron chi connectivity index (χ4n) is 4.32. The Labute approximate surface area is 234 Å². The van der Waals surface area contributed by atoms with Gasteiger partial charge in [-0.05, 0) is 12.5 Å². The number of carbonyl (C=O) groups is 4. The second-order valence-corrected chi connectivity index (χ2v) is 9.37. The second-order valence-electron chi connectivity index (χ2n) is 9.37. The average Bonchev–Trinajstić information content (AvgIpc) is 3.56. The summed E-state index contributed by atoms with van der Waals surface area (Å²) in [5.41, 5.74) is 1.85. The standard InChI is InChI=1S/C26H30N6O9/c1-15-23(39-16(2)33)24(40-17(3)34)25(41-18(4)35)26(38-15)32-12-21(28-30-32)10-20-11-31(29-27-20)13-22(36)37-14-19-8-6-5-7-9-19/h5-9,11-12,15,23-26H,10,13-14H2,1-4H3/t15-,23+,24+,25-,26-/m0/s1. The van der Waals surface area contributed by atoms with E-state index in [1.165, 1.54) is 30.1 Å². The van der Waals surface area contributed by atoms with Crippen molar-refractivity contribution in [2.45, 2.75) is 77.9 Å². The van der Waals surface area contributed by atoms with Crippen molar-refractivity contribution in [1.29, 1.82) is 0 Å². The summed E-state index contributed by atoms with van der Waals surface area (Å²) in [5, 5.41) is 16.3. The molecule has 15 nitrogen and oxygen atoms in total. The third-order valence-corrected chi connectivity index (χ3v) is 5.95. The van der Waals surface area contributed by atoms with Gasteiger partial charge in [-0.15, -0.1) is 10.2 Å². The zero-order chi connectivity index (χ0) is 29.5. The molecule has 2 aromatic heterocycles. The van der Waals surface area contributed by atoms with Crippen molar-refractivity contribution in [2.24, 2.45) is 0 Å². The predicted octanol–water partition coefficient (Wildman–Crippen LogP) is 0.916. The van der Waals surface area contributed by atoms with E-state index in [0.29, 0.717) is 11.4 Å². The Kier molecular flexibility index (Phi) is 9.39. The highest BCUT2D eigenvalue weighted by Crippen LogP contribution is 2.34. The van der Waals surface area contributed by atoms with Gasteiger partial charge in [-0.1, -0.05) is 40.8 Å². The number of hydrogen-bond donors (Lipinski definition) is 0. The smallest absolute Gasteiger partial charge is 0.328 e. The number of hydrogen-bond acceptors (Lipinski definition) is 13. The number of esters is 4. The van der Waals surface area contributed by atoms with Gasteiger partial charge in [-0.25, -0.2) is 9.36 Å². The summed E-state index contributed by atoms with van der Waals surface area (Å²) in [6.07, 6.45) is -1.85. The minimum atomic E-state index is -1.20. The third-order valence-electron chi connectivity index (χ3n) is 5.95. The molecular formula is C26H30N6O9. The summed E-state index contributed by atoms with van der Waals surface area (Å²) in [6, 6.07) is 9.31. The summed E-state index contributed by atoms with van der Waals surface area (Å²) < 4.78 is 30.2. The molecule has 1 aromatic carbocycles. The van der Waals surface area contributed by atoms with E-state index >= 15 is 0 Å². The van der Waals surface area contributed by atoms with E-state index in [4.69, 9.17) is 23.7 Å². The van der Waals surface area contributed by atoms with Crippen LogP contribution in [-0.4, -0.2) is 78.3 Å². The number of ether oxygens (including phenoxy) is 5. The van der Waals surface area contributed by atoms with Gasteiger partial charge >= 0.3 is 23.9 Å². The SMILES string of the molecule is CC(=O)O[C@@H]1[C@H](OC(C)=O)[C@H](C)O[C@H](n2cc(Cc3cn(CC(=O)OCc4ccccc4)nn3)nn2)[C@H]1OC(C)=O. The molecule has 0 amide bonds. The lowest BCUT2D eigenvalue weighted by atomic mass is 9.98. The maximum atomic E-state index is 12.2. The van der Waals surface area contributed by atoms with Crippen LogP contribution in [0.3, 0.4) is 0 Å². The van der Waals surface area contributed by atoms with Crippen LogP contribution in [0, 0.1) is 0 Å². The molecule has 0 spiro atoms. The van der Waals surface area contributed by atoms with Crippen LogP contribution in [0.1, 0.15) is 50.9 Å². The first-order valence-corrected chi connectivity index (χ1v) is 12.8. The summed E-state index contributed by atoms with van der Waals surface area (Å²) in [4.78, 5) is 47.7. The van der Waals surface area contributed by atoms with Crippen molar-refractivity contribution >= 4 is 23.9 Å². The highest BCUT2D eigenvalue weighted by atomic mass is 16.7. The fourth-order valence-corrected chi connectivity index (χ4v) is 4.32. The summed E-state index contributed by atoms with van der Waals surface area (Å²) >= 11 is 0. The molecule has 0 aliphatic carbocycles. The molecule has 0 unspecified atom stereocenters. The minimum absolute atomic E-state index is 0.120. The lowest BCUT2D eigenvalue weighted by Gasteiger charge is -2.43. The Morgan fingerprint density at radius 3 is 2.12 bits per heavy atom. The van der Waals surface area contributed by atoms with Crippen molar-refractivity contribution in [1.82, 2.24) is 30.0 Å². The summed E-state index contributed by atoms with van der Waals surface area (Å²) in [5.74, 6) is -2.42. The van der Waals surface area contributed by atoms with Gasteiger partial charge < -0.3 is 23.7 Å². The van der Waals surface area contributed by atoms with Crippen LogP contribution in [0.5, 0.6) is 0 Å². The van der Waals surface area contributed by atoms with E-state index in [1.807, 2.05) is 30.3 Å². The van der Waals surface area contributed by atoms with E-state index in [9.17, 15) is 19.2 Å². The van der Waals surface area contributed by atoms with Gasteiger partial charge in [-0.2, -0.15) is 0 Å². The van der Waals surface area contributed by atoms with Gasteiger partial charge in [-0.3, -0.25) is 19.2 Å². The molecule has 0 saturated carbocycles. The van der Waals surface area contributed by atoms with Crippen LogP contribution in [0.15, 0.2) is 42.7 Å². The molecule has 0 bridgehead atoms. The number of nitrogens with zero attached hydrogens (tertiary/aromatic N) is 6. The van der Waals surface area contributed by atoms with Gasteiger partial charge in [0.15, 0.2) is 24.5 Å². The Hall–Kier alpha value is -4.66. The molecule has 3 aromatic rings. The molecule has 218 valence electrons. The molecule has 15 heteroatoms. The van der Waals surface area contributed by atoms with Gasteiger partial charge in [0.25, 0.3) is 0 Å². The Bertz CT molecular complexity index is 1370. The lowest BCUT2D eigenvalue weighted by Crippen LogP contribution is -2.58. The molecule has 1 aliphatic heterocycles. The number of aromatic nitrogens is 6. The first-order valence-electron chi connectivity index (χ1n) is 12.8. The molecule has 41 heavy (non-hydrogen) atoms. The first kappa shape index (κ1) is 29.3. The highest BCUT2D eigenvalue weighted by Gasteiger charge is 2.51. The number of benzene rings is 1. The summed E-state index contributed by atoms with van der Waals surface area (Å²) in [7, 11) is 0. The maximum absolute atomic E-state index is 12.2. The van der Waals surface area contributed by atoms with E-state index in [-0.39, 0.29) is 19.6 Å². The molecule has 1 saturated heterocycles. The average molecular weight is 571 g/mol. The van der Waals surface area contributed by atoms with E-state index in [1.54, 1.807) is 19.3 Å². The van der Waals surface area contributed by atoms with E-state index in [2.05, 4.69) is 20.6 Å². The molecule has 1 fully saturated rings. The van der Waals surface area contributed by atoms with Gasteiger partial charge in [0.2, 0.25) is 0 Å². The molecule has 0 N–H and O–H groups in total. The fraction of sp³-hybridized carbons (Fsp3) is 0.462. The van der Waals surface area contributed by atoms with Crippen molar-refractivity contribution in [3.05, 3.63) is 59.7 Å². The van der Waals surface area contributed by atoms with Crippen molar-refractivity contribution < 1.29 is 42.9 Å². The number of carbonyl (C=O) groups excluding carboxylic acids is 4. The van der Waals surface area contributed by atoms with Crippen LogP contribution in [0.25, 0.3) is 0 Å². The molecule has 4 rings (SSSR count). The van der Waals surface area contributed by atoms with Gasteiger partial charge in [0, 0.05) is 33.4 Å². The van der Waals surface area contributed by atoms with Crippen molar-refractivity contribution in [2.75, 3.05) is 0 Å². The van der Waals surface area contributed by atoms with Crippen molar-refractivity contribution in [3.8, 4) is 0 Å². The maximum Gasteiger partial charge on any atom is 0.328 e. The van der Waals surface area contributed by atoms with Crippen LogP contribution >= 0.6 is 0 Å². The van der Waals surface area contributed by atoms with Crippen molar-refractivity contribution in [3.63, 3.8) is 0 Å². The third kappa shape index (κ3) is 7.94. The lowest BCUT2D eigenvalue weighted by molar-refractivity contribution is -0.261. The van der Waals surface area contributed by atoms with Crippen LogP contribution < -0.4 is 0 Å². The molecule has 1 aliphatic rings. The van der Waals surface area contributed by atoms with Gasteiger partial charge in [0.1, 0.15) is 13.2 Å². The topological polar surface area (TPSA) is 176 Å². The minimum Gasteiger partial charge on any atom is -0.459 e. The largest absolute Gasteiger partial charge is 0.459 e. The van der Waals surface area contributed by atoms with E-state index < -0.39 is 54.5 Å². The second kappa shape index (κ2) is 13.1. The summed E-state index contributed by atoms with van der Waals surface area (Å²) in [6.45, 7) is 5.24. The van der Waals surface area contributed by atoms with Crippen LogP contribution in [0.2, 0.25) is 0 Å². The molecule has 5 atom stereocenters. The number of rotatable bonds is 10. The molecule has 0 radical (unpaired) electrons. The Balaban J connectivity index is 1.44. The molecule has 3 heterocycles. The molecular weight excluding hydrogens is 540 g/mol. The van der Waals surface area contributed by atoms with Crippen LogP contribution in [0.4, 0.5) is 0 Å². The predicted molar refractivity (Wildman–Crippen MR) is 135 cm³/mol. The normalized spacial score (nSPS) is 22.0. The van der Waals surface area contributed by atoms with Gasteiger partial charge in [0.05, 0.1) is 23.7 Å².